The predicted molar refractivity (Wildman–Crippen MR) is 56.1 cm³/mol. The van der Waals surface area contributed by atoms with E-state index < -0.39 is 0 Å². The number of hydrogen-bond acceptors (Lipinski definition) is 3. The van der Waals surface area contributed by atoms with Gasteiger partial charge >= 0.3 is 0 Å². The fourth-order valence-electron chi connectivity index (χ4n) is 2.07. The number of nitrogens with zero attached hydrogens (tertiary/aromatic N) is 2. The van der Waals surface area contributed by atoms with Crippen LogP contribution in [0.25, 0.3) is 0 Å². The van der Waals surface area contributed by atoms with Crippen LogP contribution in [-0.4, -0.2) is 21.4 Å². The smallest absolute Gasteiger partial charge is 0.220 e. The molecule has 0 aromatic carbocycles. The molecule has 1 saturated heterocycles. The summed E-state index contributed by atoms with van der Waals surface area (Å²) in [5.74, 6) is 0.158. The number of carbonyl (C=O) groups is 1. The Morgan fingerprint density at radius 1 is 1.60 bits per heavy atom. The second-order valence-corrected chi connectivity index (χ2v) is 4.06. The summed E-state index contributed by atoms with van der Waals surface area (Å²) in [6.45, 7) is 2.10. The Morgan fingerprint density at radius 3 is 3.00 bits per heavy atom. The Kier molecular flexibility index (Phi) is 2.66. The lowest BCUT2D eigenvalue weighted by atomic mass is 9.89. The molecule has 1 atom stereocenters. The minimum atomic E-state index is -0.0779. The molecule has 1 aliphatic heterocycles. The number of carbonyl (C=O) groups excluding carboxylic acids is 1. The van der Waals surface area contributed by atoms with E-state index in [4.69, 9.17) is 0 Å². The largest absolute Gasteiger partial charge is 0.350 e. The van der Waals surface area contributed by atoms with Gasteiger partial charge in [-0.05, 0) is 18.9 Å². The predicted octanol–water partition coefficient (Wildman–Crippen LogP) is 1.08. The molecule has 4 heteroatoms. The Bertz CT molecular complexity index is 352. The van der Waals surface area contributed by atoms with E-state index in [0.29, 0.717) is 6.42 Å². The summed E-state index contributed by atoms with van der Waals surface area (Å²) < 4.78 is 0. The fraction of sp³-hybridized carbons (Fsp3) is 0.545. The molecule has 4 nitrogen and oxygen atoms in total. The maximum atomic E-state index is 11.3. The van der Waals surface area contributed by atoms with E-state index in [1.807, 2.05) is 6.07 Å². The van der Waals surface area contributed by atoms with Crippen LogP contribution in [0.1, 0.15) is 31.9 Å². The fourth-order valence-corrected chi connectivity index (χ4v) is 2.07. The normalized spacial score (nSPS) is 25.3. The molecule has 0 spiro atoms. The van der Waals surface area contributed by atoms with E-state index in [0.717, 1.165) is 25.0 Å². The van der Waals surface area contributed by atoms with E-state index in [2.05, 4.69) is 22.2 Å². The SMILES string of the molecule is CCC1(Cc2ccncn2)CCC(=O)N1. The van der Waals surface area contributed by atoms with E-state index in [9.17, 15) is 4.79 Å². The molecule has 1 aromatic rings. The third-order valence-electron chi connectivity index (χ3n) is 3.07. The Balaban J connectivity index is 2.12. The summed E-state index contributed by atoms with van der Waals surface area (Å²) in [6.07, 6.45) is 6.59. The first kappa shape index (κ1) is 10.1. The van der Waals surface area contributed by atoms with Crippen LogP contribution in [0, 0.1) is 0 Å². The van der Waals surface area contributed by atoms with Gasteiger partial charge in [-0.25, -0.2) is 9.97 Å². The summed E-state index contributed by atoms with van der Waals surface area (Å²) in [7, 11) is 0. The van der Waals surface area contributed by atoms with Gasteiger partial charge in [-0.3, -0.25) is 4.79 Å². The molecule has 1 N–H and O–H groups in total. The van der Waals surface area contributed by atoms with Gasteiger partial charge in [-0.1, -0.05) is 6.92 Å². The van der Waals surface area contributed by atoms with Crippen LogP contribution in [0.2, 0.25) is 0 Å². The van der Waals surface area contributed by atoms with Crippen molar-refractivity contribution < 1.29 is 4.79 Å². The van der Waals surface area contributed by atoms with E-state index in [-0.39, 0.29) is 11.4 Å². The van der Waals surface area contributed by atoms with Gasteiger partial charge in [0.2, 0.25) is 5.91 Å². The number of rotatable bonds is 3. The zero-order chi connectivity index (χ0) is 10.7. The zero-order valence-corrected chi connectivity index (χ0v) is 8.86. The second kappa shape index (κ2) is 3.96. The van der Waals surface area contributed by atoms with Crippen LogP contribution in [0.3, 0.4) is 0 Å². The van der Waals surface area contributed by atoms with E-state index in [1.165, 1.54) is 0 Å². The van der Waals surface area contributed by atoms with Gasteiger partial charge in [-0.15, -0.1) is 0 Å². The molecule has 1 aromatic heterocycles. The molecule has 0 bridgehead atoms. The van der Waals surface area contributed by atoms with Crippen molar-refractivity contribution in [1.82, 2.24) is 15.3 Å². The molecular weight excluding hydrogens is 190 g/mol. The standard InChI is InChI=1S/C11H15N3O/c1-2-11(5-3-10(15)14-11)7-9-4-6-12-8-13-9/h4,6,8H,2-3,5,7H2,1H3,(H,14,15). The first-order chi connectivity index (χ1) is 7.24. The molecule has 2 heterocycles. The molecular formula is C11H15N3O. The monoisotopic (exact) mass is 205 g/mol. The molecule has 0 aliphatic carbocycles. The number of nitrogens with one attached hydrogen (secondary N) is 1. The lowest BCUT2D eigenvalue weighted by molar-refractivity contribution is -0.119. The number of aromatic nitrogens is 2. The van der Waals surface area contributed by atoms with Crippen molar-refractivity contribution in [2.45, 2.75) is 38.1 Å². The molecule has 1 aliphatic rings. The van der Waals surface area contributed by atoms with Gasteiger partial charge in [0.15, 0.2) is 0 Å². The van der Waals surface area contributed by atoms with Gasteiger partial charge in [0.25, 0.3) is 0 Å². The van der Waals surface area contributed by atoms with Crippen LogP contribution in [0.4, 0.5) is 0 Å². The van der Waals surface area contributed by atoms with Gasteiger partial charge < -0.3 is 5.32 Å². The maximum absolute atomic E-state index is 11.3. The first-order valence-electron chi connectivity index (χ1n) is 5.30. The van der Waals surface area contributed by atoms with E-state index >= 15 is 0 Å². The lowest BCUT2D eigenvalue weighted by Crippen LogP contribution is -2.43. The number of hydrogen-bond donors (Lipinski definition) is 1. The highest BCUT2D eigenvalue weighted by atomic mass is 16.2. The molecule has 1 fully saturated rings. The van der Waals surface area contributed by atoms with Gasteiger partial charge in [-0.2, -0.15) is 0 Å². The molecule has 15 heavy (non-hydrogen) atoms. The third-order valence-corrected chi connectivity index (χ3v) is 3.07. The highest BCUT2D eigenvalue weighted by Crippen LogP contribution is 2.26. The quantitative estimate of drug-likeness (QED) is 0.803. The Hall–Kier alpha value is -1.45. The van der Waals surface area contributed by atoms with Crippen molar-refractivity contribution >= 4 is 5.91 Å². The summed E-state index contributed by atoms with van der Waals surface area (Å²) in [5.41, 5.74) is 0.917. The van der Waals surface area contributed by atoms with Crippen LogP contribution < -0.4 is 5.32 Å². The van der Waals surface area contributed by atoms with Gasteiger partial charge in [0.1, 0.15) is 6.33 Å². The molecule has 80 valence electrons. The van der Waals surface area contributed by atoms with Crippen molar-refractivity contribution in [1.29, 1.82) is 0 Å². The van der Waals surface area contributed by atoms with Gasteiger partial charge in [0.05, 0.1) is 0 Å². The van der Waals surface area contributed by atoms with Crippen LogP contribution in [0.15, 0.2) is 18.6 Å². The molecule has 1 unspecified atom stereocenters. The van der Waals surface area contributed by atoms with Crippen molar-refractivity contribution in [2.24, 2.45) is 0 Å². The molecule has 2 rings (SSSR count). The molecule has 0 radical (unpaired) electrons. The Morgan fingerprint density at radius 2 is 2.47 bits per heavy atom. The van der Waals surface area contributed by atoms with E-state index in [1.54, 1.807) is 12.5 Å². The van der Waals surface area contributed by atoms with Gasteiger partial charge in [0, 0.05) is 30.3 Å². The van der Waals surface area contributed by atoms with Crippen molar-refractivity contribution in [2.75, 3.05) is 0 Å². The molecule has 0 saturated carbocycles. The minimum absolute atomic E-state index is 0.0779. The average molecular weight is 205 g/mol. The van der Waals surface area contributed by atoms with Crippen LogP contribution in [-0.2, 0) is 11.2 Å². The summed E-state index contributed by atoms with van der Waals surface area (Å²) in [4.78, 5) is 19.3. The topological polar surface area (TPSA) is 54.9 Å². The highest BCUT2D eigenvalue weighted by molar-refractivity contribution is 5.79. The molecule has 1 amide bonds. The lowest BCUT2D eigenvalue weighted by Gasteiger charge is -2.27. The van der Waals surface area contributed by atoms with Crippen molar-refractivity contribution in [3.05, 3.63) is 24.3 Å². The van der Waals surface area contributed by atoms with Crippen molar-refractivity contribution in [3.63, 3.8) is 0 Å². The summed E-state index contributed by atoms with van der Waals surface area (Å²) in [5, 5.41) is 3.07. The summed E-state index contributed by atoms with van der Waals surface area (Å²) in [6, 6.07) is 1.90. The minimum Gasteiger partial charge on any atom is -0.350 e. The second-order valence-electron chi connectivity index (χ2n) is 4.06. The highest BCUT2D eigenvalue weighted by Gasteiger charge is 2.36. The van der Waals surface area contributed by atoms with Crippen LogP contribution >= 0.6 is 0 Å². The first-order valence-corrected chi connectivity index (χ1v) is 5.30. The third kappa shape index (κ3) is 2.14. The summed E-state index contributed by atoms with van der Waals surface area (Å²) >= 11 is 0. The van der Waals surface area contributed by atoms with Crippen LogP contribution in [0.5, 0.6) is 0 Å². The average Bonchev–Trinajstić information content (AvgIpc) is 2.62. The number of amides is 1. The Labute approximate surface area is 89.1 Å². The maximum Gasteiger partial charge on any atom is 0.220 e. The zero-order valence-electron chi connectivity index (χ0n) is 8.86. The van der Waals surface area contributed by atoms with Crippen molar-refractivity contribution in [3.8, 4) is 0 Å².